The van der Waals surface area contributed by atoms with Gasteiger partial charge >= 0.3 is 0 Å². The van der Waals surface area contributed by atoms with Crippen LogP contribution in [0.15, 0.2) is 16.8 Å². The van der Waals surface area contributed by atoms with Crippen LogP contribution in [-0.2, 0) is 6.42 Å². The summed E-state index contributed by atoms with van der Waals surface area (Å²) < 4.78 is 2.01. The summed E-state index contributed by atoms with van der Waals surface area (Å²) in [5.74, 6) is 0.964. The normalized spacial score (nSPS) is 12.9. The molecule has 0 radical (unpaired) electrons. The molecule has 0 aliphatic heterocycles. The van der Waals surface area contributed by atoms with Crippen molar-refractivity contribution >= 4 is 22.9 Å². The van der Waals surface area contributed by atoms with E-state index in [1.807, 2.05) is 4.57 Å². The third kappa shape index (κ3) is 2.13. The molecular weight excluding hydrogens is 242 g/mol. The molecule has 2 heterocycles. The maximum Gasteiger partial charge on any atom is 0.225 e. The van der Waals surface area contributed by atoms with Gasteiger partial charge in [0.05, 0.1) is 6.04 Å². The van der Waals surface area contributed by atoms with E-state index < -0.39 is 0 Å². The highest BCUT2D eigenvalue weighted by atomic mass is 35.5. The lowest BCUT2D eigenvalue weighted by molar-refractivity contribution is 0.598. The molecule has 0 aliphatic rings. The summed E-state index contributed by atoms with van der Waals surface area (Å²) in [5.41, 5.74) is 1.25. The van der Waals surface area contributed by atoms with Gasteiger partial charge in [-0.15, -0.1) is 10.2 Å². The Morgan fingerprint density at radius 2 is 2.31 bits per heavy atom. The average Bonchev–Trinajstić information content (AvgIpc) is 2.88. The number of nitrogens with zero attached hydrogens (tertiary/aromatic N) is 3. The molecule has 0 aromatic carbocycles. The van der Waals surface area contributed by atoms with Crippen LogP contribution in [0.4, 0.5) is 0 Å². The fourth-order valence-electron chi connectivity index (χ4n) is 1.74. The number of hydrogen-bond donors (Lipinski definition) is 0. The van der Waals surface area contributed by atoms with Crippen molar-refractivity contribution in [3.05, 3.63) is 33.5 Å². The Morgan fingerprint density at radius 3 is 2.94 bits per heavy atom. The van der Waals surface area contributed by atoms with Crippen molar-refractivity contribution in [2.24, 2.45) is 0 Å². The molecule has 3 nitrogen and oxygen atoms in total. The zero-order chi connectivity index (χ0) is 11.5. The summed E-state index contributed by atoms with van der Waals surface area (Å²) in [4.78, 5) is 0. The maximum atomic E-state index is 6.09. The lowest BCUT2D eigenvalue weighted by Crippen LogP contribution is -2.10. The van der Waals surface area contributed by atoms with Crippen LogP contribution in [0.25, 0.3) is 0 Å². The van der Waals surface area contributed by atoms with Gasteiger partial charge in [-0.05, 0) is 47.3 Å². The molecular formula is C11H14ClN3S. The van der Waals surface area contributed by atoms with Crippen LogP contribution in [0.5, 0.6) is 0 Å². The van der Waals surface area contributed by atoms with Crippen molar-refractivity contribution in [3.8, 4) is 0 Å². The van der Waals surface area contributed by atoms with Crippen LogP contribution in [0, 0.1) is 0 Å². The van der Waals surface area contributed by atoms with E-state index in [1.165, 1.54) is 5.56 Å². The molecule has 0 saturated heterocycles. The lowest BCUT2D eigenvalue weighted by Gasteiger charge is -2.14. The van der Waals surface area contributed by atoms with E-state index in [-0.39, 0.29) is 6.04 Å². The molecule has 0 fully saturated rings. The molecule has 0 spiro atoms. The highest BCUT2D eigenvalue weighted by molar-refractivity contribution is 7.07. The standard InChI is InChI=1S/C11H14ClN3S/c1-3-4-10-13-14-11(12)15(10)8(2)9-5-6-16-7-9/h5-8H,3-4H2,1-2H3. The number of halogens is 1. The zero-order valence-electron chi connectivity index (χ0n) is 9.35. The Hall–Kier alpha value is -0.870. The van der Waals surface area contributed by atoms with Crippen molar-refractivity contribution in [3.63, 3.8) is 0 Å². The number of hydrogen-bond acceptors (Lipinski definition) is 3. The summed E-state index contributed by atoms with van der Waals surface area (Å²) in [6.45, 7) is 4.25. The number of thiophene rings is 1. The van der Waals surface area contributed by atoms with E-state index in [9.17, 15) is 0 Å². The average molecular weight is 256 g/mol. The Balaban J connectivity index is 2.35. The van der Waals surface area contributed by atoms with Gasteiger partial charge in [0.1, 0.15) is 5.82 Å². The molecule has 0 saturated carbocycles. The van der Waals surface area contributed by atoms with E-state index >= 15 is 0 Å². The molecule has 0 N–H and O–H groups in total. The van der Waals surface area contributed by atoms with Gasteiger partial charge in [-0.25, -0.2) is 0 Å². The minimum Gasteiger partial charge on any atom is -0.294 e. The molecule has 2 aromatic rings. The van der Waals surface area contributed by atoms with Gasteiger partial charge in [0, 0.05) is 6.42 Å². The minimum atomic E-state index is 0.204. The second kappa shape index (κ2) is 4.97. The Labute approximate surface area is 104 Å². The second-order valence-corrected chi connectivity index (χ2v) is 4.86. The molecule has 86 valence electrons. The van der Waals surface area contributed by atoms with Crippen molar-refractivity contribution in [1.82, 2.24) is 14.8 Å². The fraction of sp³-hybridized carbons (Fsp3) is 0.455. The molecule has 2 aromatic heterocycles. The van der Waals surface area contributed by atoms with Gasteiger partial charge in [-0.1, -0.05) is 6.92 Å². The summed E-state index contributed by atoms with van der Waals surface area (Å²) in [6.07, 6.45) is 1.96. The van der Waals surface area contributed by atoms with E-state index in [4.69, 9.17) is 11.6 Å². The highest BCUT2D eigenvalue weighted by Gasteiger charge is 2.17. The quantitative estimate of drug-likeness (QED) is 0.837. The first kappa shape index (κ1) is 11.6. The van der Waals surface area contributed by atoms with Gasteiger partial charge in [0.2, 0.25) is 5.28 Å². The highest BCUT2D eigenvalue weighted by Crippen LogP contribution is 2.25. The van der Waals surface area contributed by atoms with Crippen LogP contribution < -0.4 is 0 Å². The summed E-state index contributed by atoms with van der Waals surface area (Å²) in [6, 6.07) is 2.32. The first-order valence-corrected chi connectivity index (χ1v) is 6.67. The predicted octanol–water partition coefficient (Wildman–Crippen LogP) is 3.55. The summed E-state index contributed by atoms with van der Waals surface area (Å²) in [5, 5.41) is 12.8. The van der Waals surface area contributed by atoms with Crippen LogP contribution in [0.1, 0.15) is 37.7 Å². The van der Waals surface area contributed by atoms with Crippen molar-refractivity contribution in [1.29, 1.82) is 0 Å². The van der Waals surface area contributed by atoms with E-state index in [0.717, 1.165) is 18.7 Å². The van der Waals surface area contributed by atoms with Crippen LogP contribution >= 0.6 is 22.9 Å². The predicted molar refractivity (Wildman–Crippen MR) is 67.2 cm³/mol. The minimum absolute atomic E-state index is 0.204. The van der Waals surface area contributed by atoms with Gasteiger partial charge in [-0.2, -0.15) is 11.3 Å². The number of aryl methyl sites for hydroxylation is 1. The first-order valence-electron chi connectivity index (χ1n) is 5.35. The lowest BCUT2D eigenvalue weighted by atomic mass is 10.2. The van der Waals surface area contributed by atoms with E-state index in [1.54, 1.807) is 11.3 Å². The summed E-state index contributed by atoms with van der Waals surface area (Å²) in [7, 11) is 0. The van der Waals surface area contributed by atoms with Gasteiger partial charge in [0.25, 0.3) is 0 Å². The van der Waals surface area contributed by atoms with Crippen LogP contribution in [-0.4, -0.2) is 14.8 Å². The number of rotatable bonds is 4. The SMILES string of the molecule is CCCc1nnc(Cl)n1C(C)c1ccsc1. The van der Waals surface area contributed by atoms with Crippen LogP contribution in [0.3, 0.4) is 0 Å². The third-order valence-corrected chi connectivity index (χ3v) is 3.57. The zero-order valence-corrected chi connectivity index (χ0v) is 10.9. The van der Waals surface area contributed by atoms with Crippen molar-refractivity contribution in [2.45, 2.75) is 32.7 Å². The second-order valence-electron chi connectivity index (χ2n) is 3.74. The molecule has 0 bridgehead atoms. The molecule has 2 rings (SSSR count). The molecule has 0 amide bonds. The topological polar surface area (TPSA) is 30.7 Å². The largest absolute Gasteiger partial charge is 0.294 e. The fourth-order valence-corrected chi connectivity index (χ4v) is 2.77. The number of aromatic nitrogens is 3. The monoisotopic (exact) mass is 255 g/mol. The molecule has 5 heteroatoms. The van der Waals surface area contributed by atoms with Gasteiger partial charge in [-0.3, -0.25) is 4.57 Å². The van der Waals surface area contributed by atoms with Gasteiger partial charge in [0.15, 0.2) is 0 Å². The Kier molecular flexibility index (Phi) is 3.61. The Bertz CT molecular complexity index is 450. The first-order chi connectivity index (χ1) is 7.74. The van der Waals surface area contributed by atoms with E-state index in [2.05, 4.69) is 40.9 Å². The molecule has 16 heavy (non-hydrogen) atoms. The maximum absolute atomic E-state index is 6.09. The van der Waals surface area contributed by atoms with Crippen molar-refractivity contribution in [2.75, 3.05) is 0 Å². The summed E-state index contributed by atoms with van der Waals surface area (Å²) >= 11 is 7.78. The molecule has 1 unspecified atom stereocenters. The van der Waals surface area contributed by atoms with E-state index in [0.29, 0.717) is 5.28 Å². The third-order valence-electron chi connectivity index (χ3n) is 2.61. The smallest absolute Gasteiger partial charge is 0.225 e. The molecule has 1 atom stereocenters. The van der Waals surface area contributed by atoms with Crippen LogP contribution in [0.2, 0.25) is 5.28 Å². The van der Waals surface area contributed by atoms with Gasteiger partial charge < -0.3 is 0 Å². The van der Waals surface area contributed by atoms with Crippen molar-refractivity contribution < 1.29 is 0 Å². The Morgan fingerprint density at radius 1 is 1.50 bits per heavy atom. The molecule has 0 aliphatic carbocycles.